The first-order valence-electron chi connectivity index (χ1n) is 5.15. The van der Waals surface area contributed by atoms with Crippen molar-refractivity contribution in [2.24, 2.45) is 0 Å². The molecule has 7 heteroatoms. The van der Waals surface area contributed by atoms with Gasteiger partial charge in [-0.2, -0.15) is 0 Å². The minimum absolute atomic E-state index is 0.0896. The van der Waals surface area contributed by atoms with E-state index >= 15 is 0 Å². The maximum absolute atomic E-state index is 14.1. The molecule has 2 aromatic rings. The summed E-state index contributed by atoms with van der Waals surface area (Å²) in [5, 5.41) is 2.76. The van der Waals surface area contributed by atoms with Crippen LogP contribution in [0.1, 0.15) is 0 Å². The molecular formula is C12H9Br2ClFN3. The van der Waals surface area contributed by atoms with Crippen molar-refractivity contribution in [2.75, 3.05) is 16.8 Å². The van der Waals surface area contributed by atoms with Gasteiger partial charge in [-0.25, -0.2) is 4.39 Å². The van der Waals surface area contributed by atoms with Crippen LogP contribution in [-0.4, -0.2) is 0 Å². The number of rotatable bonds is 2. The second-order valence-corrected chi connectivity index (χ2v) is 5.87. The Morgan fingerprint density at radius 3 is 2.21 bits per heavy atom. The van der Waals surface area contributed by atoms with Gasteiger partial charge in [0.25, 0.3) is 0 Å². The quantitative estimate of drug-likeness (QED) is 0.618. The van der Waals surface area contributed by atoms with Crippen LogP contribution < -0.4 is 16.8 Å². The average Bonchev–Trinajstić information content (AvgIpc) is 2.35. The van der Waals surface area contributed by atoms with Gasteiger partial charge in [0.05, 0.1) is 22.7 Å². The van der Waals surface area contributed by atoms with Crippen molar-refractivity contribution in [2.45, 2.75) is 0 Å². The standard InChI is InChI=1S/C12H9Br2ClFN3/c13-5-2-1-3-6(14)11(5)19-12-8(18)4-7(17)9(15)10(12)16/h1-4,19H,17-18H2. The van der Waals surface area contributed by atoms with Crippen molar-refractivity contribution in [3.05, 3.63) is 44.1 Å². The molecule has 0 spiro atoms. The van der Waals surface area contributed by atoms with E-state index in [2.05, 4.69) is 37.2 Å². The molecule has 0 bridgehead atoms. The van der Waals surface area contributed by atoms with E-state index in [0.717, 1.165) is 8.95 Å². The number of anilines is 4. The van der Waals surface area contributed by atoms with Gasteiger partial charge in [0.2, 0.25) is 0 Å². The third-order valence-electron chi connectivity index (χ3n) is 2.48. The highest BCUT2D eigenvalue weighted by atomic mass is 79.9. The number of nitrogen functional groups attached to an aromatic ring is 2. The Balaban J connectivity index is 2.53. The van der Waals surface area contributed by atoms with Gasteiger partial charge in [0, 0.05) is 8.95 Å². The first-order valence-corrected chi connectivity index (χ1v) is 7.12. The van der Waals surface area contributed by atoms with Crippen molar-refractivity contribution in [3.63, 3.8) is 0 Å². The number of para-hydroxylation sites is 1. The molecule has 19 heavy (non-hydrogen) atoms. The topological polar surface area (TPSA) is 64.1 Å². The predicted octanol–water partition coefficient (Wildman–Crippen LogP) is 4.91. The van der Waals surface area contributed by atoms with Crippen LogP contribution in [0.25, 0.3) is 0 Å². The van der Waals surface area contributed by atoms with Gasteiger partial charge in [-0.1, -0.05) is 17.7 Å². The lowest BCUT2D eigenvalue weighted by Crippen LogP contribution is -2.03. The molecule has 0 saturated heterocycles. The summed E-state index contributed by atoms with van der Waals surface area (Å²) in [6, 6.07) is 6.90. The normalized spacial score (nSPS) is 10.5. The number of hydrogen-bond acceptors (Lipinski definition) is 3. The van der Waals surface area contributed by atoms with E-state index < -0.39 is 5.82 Å². The smallest absolute Gasteiger partial charge is 0.169 e. The van der Waals surface area contributed by atoms with E-state index in [0.29, 0.717) is 5.69 Å². The van der Waals surface area contributed by atoms with Crippen LogP contribution in [0.4, 0.5) is 27.1 Å². The van der Waals surface area contributed by atoms with E-state index in [-0.39, 0.29) is 22.1 Å². The molecule has 2 rings (SSSR count). The highest BCUT2D eigenvalue weighted by molar-refractivity contribution is 9.11. The molecular weight excluding hydrogens is 400 g/mol. The Labute approximate surface area is 131 Å². The van der Waals surface area contributed by atoms with Crippen LogP contribution in [0.2, 0.25) is 5.02 Å². The van der Waals surface area contributed by atoms with Crippen molar-refractivity contribution in [3.8, 4) is 0 Å². The molecule has 0 aliphatic rings. The molecule has 0 aromatic heterocycles. The number of nitrogens with two attached hydrogens (primary N) is 2. The van der Waals surface area contributed by atoms with Crippen LogP contribution in [0.3, 0.4) is 0 Å². The molecule has 3 nitrogen and oxygen atoms in total. The summed E-state index contributed by atoms with van der Waals surface area (Å²) in [5.74, 6) is -0.679. The van der Waals surface area contributed by atoms with Gasteiger partial charge in [0.15, 0.2) is 5.82 Å². The number of hydrogen-bond donors (Lipinski definition) is 3. The molecule has 0 amide bonds. The lowest BCUT2D eigenvalue weighted by molar-refractivity contribution is 0.633. The third kappa shape index (κ3) is 2.80. The number of benzene rings is 2. The van der Waals surface area contributed by atoms with Crippen LogP contribution in [0, 0.1) is 5.82 Å². The minimum atomic E-state index is -0.679. The highest BCUT2D eigenvalue weighted by Gasteiger charge is 2.16. The Morgan fingerprint density at radius 1 is 1.05 bits per heavy atom. The maximum Gasteiger partial charge on any atom is 0.169 e. The van der Waals surface area contributed by atoms with Crippen LogP contribution in [-0.2, 0) is 0 Å². The molecule has 0 saturated carbocycles. The lowest BCUT2D eigenvalue weighted by Gasteiger charge is -2.15. The number of nitrogens with one attached hydrogen (secondary N) is 1. The van der Waals surface area contributed by atoms with E-state index in [1.165, 1.54) is 6.07 Å². The Morgan fingerprint density at radius 2 is 1.63 bits per heavy atom. The molecule has 5 N–H and O–H groups in total. The van der Waals surface area contributed by atoms with Gasteiger partial charge < -0.3 is 16.8 Å². The summed E-state index contributed by atoms with van der Waals surface area (Å²) in [6.45, 7) is 0. The molecule has 0 fully saturated rings. The SMILES string of the molecule is Nc1cc(N)c(Nc2c(Br)cccc2Br)c(F)c1Cl. The summed E-state index contributed by atoms with van der Waals surface area (Å²) >= 11 is 12.5. The van der Waals surface area contributed by atoms with Gasteiger partial charge in [0.1, 0.15) is 5.02 Å². The Hall–Kier alpha value is -0.980. The number of halogens is 4. The van der Waals surface area contributed by atoms with Crippen molar-refractivity contribution < 1.29 is 4.39 Å². The zero-order chi connectivity index (χ0) is 14.2. The monoisotopic (exact) mass is 407 g/mol. The lowest BCUT2D eigenvalue weighted by atomic mass is 10.2. The summed E-state index contributed by atoms with van der Waals surface area (Å²) in [6.07, 6.45) is 0. The molecule has 0 aliphatic carbocycles. The zero-order valence-corrected chi connectivity index (χ0v) is 13.4. The predicted molar refractivity (Wildman–Crippen MR) is 85.4 cm³/mol. The minimum Gasteiger partial charge on any atom is -0.397 e. The second kappa shape index (κ2) is 5.56. The molecule has 0 unspecified atom stereocenters. The third-order valence-corrected chi connectivity index (χ3v) is 4.18. The second-order valence-electron chi connectivity index (χ2n) is 3.78. The first-order chi connectivity index (χ1) is 8.91. The molecule has 0 aliphatic heterocycles. The van der Waals surface area contributed by atoms with E-state index in [4.69, 9.17) is 23.1 Å². The van der Waals surface area contributed by atoms with E-state index in [1.54, 1.807) is 0 Å². The largest absolute Gasteiger partial charge is 0.397 e. The average molecular weight is 409 g/mol. The van der Waals surface area contributed by atoms with Gasteiger partial charge in [-0.15, -0.1) is 0 Å². The molecule has 100 valence electrons. The van der Waals surface area contributed by atoms with Crippen molar-refractivity contribution >= 4 is 66.2 Å². The Kier molecular flexibility index (Phi) is 4.23. The van der Waals surface area contributed by atoms with Crippen LogP contribution in [0.15, 0.2) is 33.2 Å². The van der Waals surface area contributed by atoms with Crippen LogP contribution in [0.5, 0.6) is 0 Å². The van der Waals surface area contributed by atoms with Crippen molar-refractivity contribution in [1.82, 2.24) is 0 Å². The molecule has 2 aromatic carbocycles. The molecule has 0 radical (unpaired) electrons. The fourth-order valence-corrected chi connectivity index (χ4v) is 2.88. The van der Waals surface area contributed by atoms with E-state index in [9.17, 15) is 4.39 Å². The van der Waals surface area contributed by atoms with Crippen LogP contribution >= 0.6 is 43.5 Å². The fourth-order valence-electron chi connectivity index (χ4n) is 1.54. The summed E-state index contributed by atoms with van der Waals surface area (Å²) in [7, 11) is 0. The van der Waals surface area contributed by atoms with Gasteiger partial charge >= 0.3 is 0 Å². The zero-order valence-electron chi connectivity index (χ0n) is 9.48. The van der Waals surface area contributed by atoms with Crippen molar-refractivity contribution in [1.29, 1.82) is 0 Å². The summed E-state index contributed by atoms with van der Waals surface area (Å²) in [5.41, 5.74) is 12.3. The summed E-state index contributed by atoms with van der Waals surface area (Å²) in [4.78, 5) is 0. The highest BCUT2D eigenvalue weighted by Crippen LogP contribution is 2.39. The molecule has 0 heterocycles. The fraction of sp³-hybridized carbons (Fsp3) is 0. The Bertz CT molecular complexity index is 629. The van der Waals surface area contributed by atoms with Gasteiger partial charge in [-0.3, -0.25) is 0 Å². The first kappa shape index (κ1) is 14.4. The summed E-state index contributed by atoms with van der Waals surface area (Å²) < 4.78 is 15.6. The van der Waals surface area contributed by atoms with E-state index in [1.807, 2.05) is 18.2 Å². The maximum atomic E-state index is 14.1. The molecule has 0 atom stereocenters. The van der Waals surface area contributed by atoms with Gasteiger partial charge in [-0.05, 0) is 50.1 Å².